The molecule has 0 spiro atoms. The molecule has 0 saturated heterocycles. The lowest BCUT2D eigenvalue weighted by atomic mass is 10.1. The molecule has 19 heavy (non-hydrogen) atoms. The maximum atomic E-state index is 13.9. The third-order valence-electron chi connectivity index (χ3n) is 2.31. The van der Waals surface area contributed by atoms with E-state index in [1.807, 2.05) is 6.92 Å². The number of benzene rings is 1. The van der Waals surface area contributed by atoms with E-state index in [9.17, 15) is 12.8 Å². The summed E-state index contributed by atoms with van der Waals surface area (Å²) in [5.74, 6) is -0.729. The molecule has 0 aliphatic heterocycles. The first kappa shape index (κ1) is 16.1. The van der Waals surface area contributed by atoms with Crippen LogP contribution >= 0.6 is 0 Å². The first-order chi connectivity index (χ1) is 8.65. The summed E-state index contributed by atoms with van der Waals surface area (Å²) in [6.45, 7) is 8.36. The van der Waals surface area contributed by atoms with Gasteiger partial charge in [-0.3, -0.25) is 0 Å². The highest BCUT2D eigenvalue weighted by molar-refractivity contribution is 7.89. The molecule has 6 heteroatoms. The van der Waals surface area contributed by atoms with Gasteiger partial charge < -0.3 is 5.32 Å². The van der Waals surface area contributed by atoms with Crippen molar-refractivity contribution in [3.05, 3.63) is 29.6 Å². The second-order valence-corrected chi connectivity index (χ2v) is 7.05. The van der Waals surface area contributed by atoms with Crippen LogP contribution in [0.3, 0.4) is 0 Å². The van der Waals surface area contributed by atoms with Crippen molar-refractivity contribution in [2.24, 2.45) is 0 Å². The van der Waals surface area contributed by atoms with Crippen molar-refractivity contribution in [1.82, 2.24) is 10.0 Å². The fourth-order valence-electron chi connectivity index (χ4n) is 1.60. The van der Waals surface area contributed by atoms with Gasteiger partial charge in [-0.25, -0.2) is 17.5 Å². The molecular weight excluding hydrogens is 267 g/mol. The molecule has 4 nitrogen and oxygen atoms in total. The van der Waals surface area contributed by atoms with E-state index >= 15 is 0 Å². The Labute approximate surface area is 114 Å². The van der Waals surface area contributed by atoms with Crippen LogP contribution in [0.15, 0.2) is 23.1 Å². The average molecular weight is 288 g/mol. The van der Waals surface area contributed by atoms with Crippen LogP contribution in [0.2, 0.25) is 0 Å². The van der Waals surface area contributed by atoms with Crippen molar-refractivity contribution in [3.63, 3.8) is 0 Å². The summed E-state index contributed by atoms with van der Waals surface area (Å²) >= 11 is 0. The molecule has 0 fully saturated rings. The van der Waals surface area contributed by atoms with Gasteiger partial charge in [-0.1, -0.05) is 13.0 Å². The lowest BCUT2D eigenvalue weighted by Crippen LogP contribution is -2.40. The monoisotopic (exact) mass is 288 g/mol. The van der Waals surface area contributed by atoms with Gasteiger partial charge in [0.2, 0.25) is 10.0 Å². The van der Waals surface area contributed by atoms with E-state index in [0.717, 1.165) is 6.54 Å². The number of hydrogen-bond acceptors (Lipinski definition) is 3. The summed E-state index contributed by atoms with van der Waals surface area (Å²) in [5.41, 5.74) is 0.0716. The molecule has 0 bridgehead atoms. The number of nitrogens with one attached hydrogen (secondary N) is 2. The van der Waals surface area contributed by atoms with E-state index in [1.54, 1.807) is 26.8 Å². The Balaban J connectivity index is 3.02. The predicted octanol–water partition coefficient (Wildman–Crippen LogP) is 2.01. The number of halogens is 1. The Morgan fingerprint density at radius 3 is 2.37 bits per heavy atom. The molecule has 1 aromatic rings. The third kappa shape index (κ3) is 4.89. The van der Waals surface area contributed by atoms with E-state index in [1.165, 1.54) is 12.1 Å². The van der Waals surface area contributed by atoms with Crippen molar-refractivity contribution < 1.29 is 12.8 Å². The zero-order valence-corrected chi connectivity index (χ0v) is 12.6. The molecule has 0 atom stereocenters. The first-order valence-corrected chi connectivity index (χ1v) is 7.67. The Bertz CT molecular complexity index is 536. The van der Waals surface area contributed by atoms with Gasteiger partial charge in [-0.2, -0.15) is 0 Å². The van der Waals surface area contributed by atoms with Gasteiger partial charge in [0.25, 0.3) is 0 Å². The van der Waals surface area contributed by atoms with E-state index < -0.39 is 21.4 Å². The van der Waals surface area contributed by atoms with E-state index in [4.69, 9.17) is 0 Å². The quantitative estimate of drug-likeness (QED) is 0.871. The Hall–Kier alpha value is -0.980. The van der Waals surface area contributed by atoms with E-state index in [0.29, 0.717) is 12.1 Å². The summed E-state index contributed by atoms with van der Waals surface area (Å²) < 4.78 is 40.4. The fourth-order valence-corrected chi connectivity index (χ4v) is 3.08. The molecule has 1 aromatic carbocycles. The summed E-state index contributed by atoms with van der Waals surface area (Å²) in [7, 11) is -3.83. The second kappa shape index (κ2) is 5.98. The second-order valence-electron chi connectivity index (χ2n) is 5.40. The van der Waals surface area contributed by atoms with Crippen molar-refractivity contribution in [1.29, 1.82) is 0 Å². The first-order valence-electron chi connectivity index (χ1n) is 6.19. The minimum absolute atomic E-state index is 0.317. The SMILES string of the molecule is CCNCc1ccc(S(=O)(=O)NC(C)(C)C)c(F)c1. The molecule has 2 N–H and O–H groups in total. The van der Waals surface area contributed by atoms with Crippen LogP contribution in [0.25, 0.3) is 0 Å². The molecule has 0 aliphatic rings. The van der Waals surface area contributed by atoms with Gasteiger partial charge >= 0.3 is 0 Å². The van der Waals surface area contributed by atoms with Crippen LogP contribution in [0.5, 0.6) is 0 Å². The van der Waals surface area contributed by atoms with Crippen LogP contribution < -0.4 is 10.0 Å². The maximum absolute atomic E-state index is 13.9. The number of rotatable bonds is 5. The van der Waals surface area contributed by atoms with Gasteiger partial charge in [0.05, 0.1) is 0 Å². The van der Waals surface area contributed by atoms with Crippen LogP contribution in [0.4, 0.5) is 4.39 Å². The molecule has 0 aromatic heterocycles. The van der Waals surface area contributed by atoms with Crippen molar-refractivity contribution in [2.45, 2.75) is 44.7 Å². The largest absolute Gasteiger partial charge is 0.313 e. The highest BCUT2D eigenvalue weighted by Gasteiger charge is 2.24. The van der Waals surface area contributed by atoms with Crippen LogP contribution in [-0.4, -0.2) is 20.5 Å². The van der Waals surface area contributed by atoms with Gasteiger partial charge in [-0.15, -0.1) is 0 Å². The van der Waals surface area contributed by atoms with Crippen LogP contribution in [0.1, 0.15) is 33.3 Å². The normalized spacial score (nSPS) is 12.7. The number of hydrogen-bond donors (Lipinski definition) is 2. The smallest absolute Gasteiger partial charge is 0.243 e. The lowest BCUT2D eigenvalue weighted by Gasteiger charge is -2.20. The summed E-state index contributed by atoms with van der Waals surface area (Å²) in [5, 5.41) is 3.06. The molecule has 0 saturated carbocycles. The maximum Gasteiger partial charge on any atom is 0.243 e. The summed E-state index contributed by atoms with van der Waals surface area (Å²) in [6, 6.07) is 4.17. The minimum atomic E-state index is -3.83. The highest BCUT2D eigenvalue weighted by Crippen LogP contribution is 2.18. The summed E-state index contributed by atoms with van der Waals surface area (Å²) in [6.07, 6.45) is 0. The number of sulfonamides is 1. The van der Waals surface area contributed by atoms with Crippen molar-refractivity contribution >= 4 is 10.0 Å². The fraction of sp³-hybridized carbons (Fsp3) is 0.538. The third-order valence-corrected chi connectivity index (χ3v) is 4.10. The molecular formula is C13H21FN2O2S. The highest BCUT2D eigenvalue weighted by atomic mass is 32.2. The Morgan fingerprint density at radius 1 is 1.26 bits per heavy atom. The zero-order valence-electron chi connectivity index (χ0n) is 11.7. The molecule has 0 aliphatic carbocycles. The van der Waals surface area contributed by atoms with Crippen molar-refractivity contribution in [2.75, 3.05) is 6.54 Å². The topological polar surface area (TPSA) is 58.2 Å². The van der Waals surface area contributed by atoms with Crippen LogP contribution in [0, 0.1) is 5.82 Å². The van der Waals surface area contributed by atoms with Crippen LogP contribution in [-0.2, 0) is 16.6 Å². The van der Waals surface area contributed by atoms with Gasteiger partial charge in [0, 0.05) is 12.1 Å². The molecule has 0 radical (unpaired) electrons. The molecule has 108 valence electrons. The molecule has 1 rings (SSSR count). The van der Waals surface area contributed by atoms with Gasteiger partial charge in [-0.05, 0) is 45.0 Å². The predicted molar refractivity (Wildman–Crippen MR) is 73.9 cm³/mol. The Morgan fingerprint density at radius 2 is 1.89 bits per heavy atom. The average Bonchev–Trinajstić information content (AvgIpc) is 2.22. The van der Waals surface area contributed by atoms with Gasteiger partial charge in [0.1, 0.15) is 10.7 Å². The Kier molecular flexibility index (Phi) is 5.06. The molecule has 0 heterocycles. The summed E-state index contributed by atoms with van der Waals surface area (Å²) in [4.78, 5) is -0.317. The lowest BCUT2D eigenvalue weighted by molar-refractivity contribution is 0.486. The standard InChI is InChI=1S/C13H21FN2O2S/c1-5-15-9-10-6-7-12(11(14)8-10)19(17,18)16-13(2,3)4/h6-8,15-16H,5,9H2,1-4H3. The molecule has 0 unspecified atom stereocenters. The van der Waals surface area contributed by atoms with E-state index in [-0.39, 0.29) is 4.90 Å². The minimum Gasteiger partial charge on any atom is -0.313 e. The van der Waals surface area contributed by atoms with Gasteiger partial charge in [0.15, 0.2) is 0 Å². The zero-order chi connectivity index (χ0) is 14.7. The molecule has 0 amide bonds. The van der Waals surface area contributed by atoms with Crippen molar-refractivity contribution in [3.8, 4) is 0 Å². The van der Waals surface area contributed by atoms with E-state index in [2.05, 4.69) is 10.0 Å².